The molecule has 0 aromatic rings. The Morgan fingerprint density at radius 2 is 0.722 bits per heavy atom. The third-order valence-electron chi connectivity index (χ3n) is 1.50. The van der Waals surface area contributed by atoms with Gasteiger partial charge in [-0.3, -0.25) is 0 Å². The summed E-state index contributed by atoms with van der Waals surface area (Å²) in [5, 5.41) is 0. The second-order valence-electron chi connectivity index (χ2n) is 4.19. The highest BCUT2D eigenvalue weighted by Crippen LogP contribution is 2.15. The van der Waals surface area contributed by atoms with E-state index in [9.17, 15) is 9.59 Å². The van der Waals surface area contributed by atoms with E-state index >= 15 is 0 Å². The van der Waals surface area contributed by atoms with Crippen LogP contribution in [0.5, 0.6) is 0 Å². The third-order valence-corrected chi connectivity index (χ3v) is 1.50. The Morgan fingerprint density at radius 1 is 0.667 bits per heavy atom. The SMILES string of the molecule is C1CCCCC1.CC(C)=O.CC(C)=O.ClC(Cl)Cl. The van der Waals surface area contributed by atoms with Crippen LogP contribution in [0.15, 0.2) is 0 Å². The molecule has 0 heterocycles. The van der Waals surface area contributed by atoms with Gasteiger partial charge in [0.05, 0.1) is 0 Å². The first-order chi connectivity index (χ1) is 8.20. The first-order valence-electron chi connectivity index (χ1n) is 6.06. The smallest absolute Gasteiger partial charge is 0.180 e. The van der Waals surface area contributed by atoms with Crippen molar-refractivity contribution in [1.82, 2.24) is 0 Å². The number of halogens is 3. The standard InChI is InChI=1S/C6H12.2C3H6O.CHCl3/c1-2-4-6-5-3-1;2*1-3(2)4;2-1(3)4/h1-6H2;2*1-2H3;1H. The van der Waals surface area contributed by atoms with Gasteiger partial charge >= 0.3 is 0 Å². The number of rotatable bonds is 0. The fraction of sp³-hybridized carbons (Fsp3) is 0.846. The van der Waals surface area contributed by atoms with Crippen molar-refractivity contribution in [3.8, 4) is 0 Å². The number of hydrogen-bond acceptors (Lipinski definition) is 2. The molecule has 1 fully saturated rings. The molecule has 0 unspecified atom stereocenters. The molecule has 110 valence electrons. The molecule has 0 aromatic heterocycles. The predicted octanol–water partition coefficient (Wildman–Crippen LogP) is 5.52. The van der Waals surface area contributed by atoms with E-state index in [2.05, 4.69) is 0 Å². The average molecular weight is 320 g/mol. The lowest BCUT2D eigenvalue weighted by Gasteiger charge is -2.05. The van der Waals surface area contributed by atoms with E-state index in [0.717, 1.165) is 0 Å². The van der Waals surface area contributed by atoms with Gasteiger partial charge in [0.2, 0.25) is 0 Å². The molecule has 0 radical (unpaired) electrons. The minimum Gasteiger partial charge on any atom is -0.300 e. The van der Waals surface area contributed by atoms with Gasteiger partial charge in [-0.25, -0.2) is 0 Å². The first-order valence-corrected chi connectivity index (χ1v) is 7.37. The van der Waals surface area contributed by atoms with Crippen LogP contribution in [0.4, 0.5) is 0 Å². The highest BCUT2D eigenvalue weighted by atomic mass is 35.6. The van der Waals surface area contributed by atoms with Crippen molar-refractivity contribution in [2.24, 2.45) is 0 Å². The third kappa shape index (κ3) is 97.2. The number of carbonyl (C=O) groups excluding carboxylic acids is 2. The Bertz CT molecular complexity index is 156. The second-order valence-corrected chi connectivity index (χ2v) is 6.16. The van der Waals surface area contributed by atoms with Gasteiger partial charge in [0, 0.05) is 0 Å². The van der Waals surface area contributed by atoms with Crippen molar-refractivity contribution < 1.29 is 9.59 Å². The van der Waals surface area contributed by atoms with Crippen LogP contribution in [0.25, 0.3) is 0 Å². The summed E-state index contributed by atoms with van der Waals surface area (Å²) in [5.41, 5.74) is 0. The maximum Gasteiger partial charge on any atom is 0.180 e. The lowest BCUT2D eigenvalue weighted by Crippen LogP contribution is -1.85. The predicted molar refractivity (Wildman–Crippen MR) is 81.8 cm³/mol. The molecule has 0 N–H and O–H groups in total. The lowest BCUT2D eigenvalue weighted by atomic mass is 10.0. The zero-order chi connectivity index (χ0) is 15.0. The van der Waals surface area contributed by atoms with E-state index in [1.807, 2.05) is 0 Å². The molecule has 2 nitrogen and oxygen atoms in total. The van der Waals surface area contributed by atoms with Crippen LogP contribution >= 0.6 is 34.8 Å². The van der Waals surface area contributed by atoms with E-state index in [1.165, 1.54) is 66.2 Å². The van der Waals surface area contributed by atoms with Gasteiger partial charge in [0.25, 0.3) is 0 Å². The molecule has 0 spiro atoms. The van der Waals surface area contributed by atoms with Crippen molar-refractivity contribution >= 4 is 46.4 Å². The highest BCUT2D eigenvalue weighted by Gasteiger charge is 1.95. The summed E-state index contributed by atoms with van der Waals surface area (Å²) in [5.74, 6) is 0.333. The van der Waals surface area contributed by atoms with Crippen LogP contribution in [-0.2, 0) is 9.59 Å². The van der Waals surface area contributed by atoms with Crippen molar-refractivity contribution in [3.63, 3.8) is 0 Å². The molecule has 1 saturated carbocycles. The van der Waals surface area contributed by atoms with Crippen LogP contribution in [0, 0.1) is 0 Å². The van der Waals surface area contributed by atoms with E-state index in [4.69, 9.17) is 34.8 Å². The number of alkyl halides is 3. The molecule has 0 bridgehead atoms. The van der Waals surface area contributed by atoms with Gasteiger partial charge in [0.15, 0.2) is 4.30 Å². The first kappa shape index (κ1) is 23.3. The van der Waals surface area contributed by atoms with Gasteiger partial charge in [0.1, 0.15) is 11.6 Å². The summed E-state index contributed by atoms with van der Waals surface area (Å²) in [7, 11) is 0. The molecule has 0 aromatic carbocycles. The van der Waals surface area contributed by atoms with Crippen LogP contribution in [0.1, 0.15) is 66.2 Å². The molecule has 0 atom stereocenters. The molecular formula is C13H25Cl3O2. The minimum atomic E-state index is -0.750. The molecule has 0 amide bonds. The summed E-state index contributed by atoms with van der Waals surface area (Å²) in [4.78, 5) is 18.9. The van der Waals surface area contributed by atoms with Crippen LogP contribution in [0.3, 0.4) is 0 Å². The molecule has 0 aliphatic heterocycles. The van der Waals surface area contributed by atoms with Crippen LogP contribution in [-0.4, -0.2) is 15.9 Å². The van der Waals surface area contributed by atoms with E-state index in [1.54, 1.807) is 0 Å². The number of carbonyl (C=O) groups is 2. The van der Waals surface area contributed by atoms with Crippen LogP contribution < -0.4 is 0 Å². The van der Waals surface area contributed by atoms with Gasteiger partial charge in [-0.15, -0.1) is 0 Å². The Hall–Kier alpha value is 0.210. The minimum absolute atomic E-state index is 0.167. The van der Waals surface area contributed by atoms with E-state index < -0.39 is 4.30 Å². The van der Waals surface area contributed by atoms with Crippen molar-refractivity contribution in [2.45, 2.75) is 70.5 Å². The average Bonchev–Trinajstić information content (AvgIpc) is 2.17. The second kappa shape index (κ2) is 19.5. The van der Waals surface area contributed by atoms with Gasteiger partial charge < -0.3 is 9.59 Å². The number of hydrogen-bond donors (Lipinski definition) is 0. The summed E-state index contributed by atoms with van der Waals surface area (Å²) in [6.45, 7) is 6.11. The molecule has 1 aliphatic rings. The zero-order valence-corrected chi connectivity index (χ0v) is 14.0. The Balaban J connectivity index is -0.000000171. The van der Waals surface area contributed by atoms with E-state index in [-0.39, 0.29) is 11.6 Å². The highest BCUT2D eigenvalue weighted by molar-refractivity contribution is 6.63. The fourth-order valence-corrected chi connectivity index (χ4v) is 1.06. The lowest BCUT2D eigenvalue weighted by molar-refractivity contribution is -0.115. The topological polar surface area (TPSA) is 34.1 Å². The van der Waals surface area contributed by atoms with E-state index in [0.29, 0.717) is 0 Å². The Morgan fingerprint density at radius 3 is 0.778 bits per heavy atom. The van der Waals surface area contributed by atoms with Crippen molar-refractivity contribution in [1.29, 1.82) is 0 Å². The van der Waals surface area contributed by atoms with Crippen molar-refractivity contribution in [2.75, 3.05) is 0 Å². The molecule has 0 saturated heterocycles. The maximum absolute atomic E-state index is 9.44. The molecule has 18 heavy (non-hydrogen) atoms. The molecular weight excluding hydrogens is 294 g/mol. The molecule has 1 aliphatic carbocycles. The molecule has 5 heteroatoms. The van der Waals surface area contributed by atoms with Crippen LogP contribution in [0.2, 0.25) is 0 Å². The Kier molecular flexibility index (Phi) is 25.3. The number of ketones is 2. The van der Waals surface area contributed by atoms with Gasteiger partial charge in [-0.2, -0.15) is 0 Å². The summed E-state index contributed by atoms with van der Waals surface area (Å²) in [6.07, 6.45) is 9.00. The Labute approximate surface area is 126 Å². The number of Topliss-reactive ketones (excluding diaryl/α,β-unsaturated/α-hetero) is 2. The quantitative estimate of drug-likeness (QED) is 0.551. The normalized spacial score (nSPS) is 12.9. The largest absolute Gasteiger partial charge is 0.300 e. The van der Waals surface area contributed by atoms with Gasteiger partial charge in [-0.1, -0.05) is 73.3 Å². The summed E-state index contributed by atoms with van der Waals surface area (Å²) in [6, 6.07) is 0. The monoisotopic (exact) mass is 318 g/mol. The summed E-state index contributed by atoms with van der Waals surface area (Å²) < 4.78 is -0.750. The molecule has 1 rings (SSSR count). The fourth-order valence-electron chi connectivity index (χ4n) is 1.06. The van der Waals surface area contributed by atoms with Gasteiger partial charge in [-0.05, 0) is 27.7 Å². The van der Waals surface area contributed by atoms with Crippen molar-refractivity contribution in [3.05, 3.63) is 0 Å². The zero-order valence-electron chi connectivity index (χ0n) is 11.8. The summed E-state index contributed by atoms with van der Waals surface area (Å²) >= 11 is 14.4. The maximum atomic E-state index is 9.44.